The van der Waals surface area contributed by atoms with Crippen molar-refractivity contribution in [1.29, 1.82) is 0 Å². The number of rotatable bonds is 3. The summed E-state index contributed by atoms with van der Waals surface area (Å²) in [5.74, 6) is -0.189. The first-order valence-electron chi connectivity index (χ1n) is 7.77. The van der Waals surface area contributed by atoms with Gasteiger partial charge in [-0.25, -0.2) is 4.79 Å². The van der Waals surface area contributed by atoms with Crippen LogP contribution in [0.4, 0.5) is 18.0 Å². The van der Waals surface area contributed by atoms with E-state index < -0.39 is 17.8 Å². The molecule has 132 valence electrons. The van der Waals surface area contributed by atoms with Crippen LogP contribution in [-0.4, -0.2) is 42.5 Å². The summed E-state index contributed by atoms with van der Waals surface area (Å²) in [6.45, 7) is 2.97. The van der Waals surface area contributed by atoms with E-state index in [0.29, 0.717) is 31.5 Å². The first-order chi connectivity index (χ1) is 11.3. The highest BCUT2D eigenvalue weighted by atomic mass is 19.4. The van der Waals surface area contributed by atoms with E-state index in [-0.39, 0.29) is 18.5 Å². The van der Waals surface area contributed by atoms with Crippen molar-refractivity contribution in [2.45, 2.75) is 32.0 Å². The average Bonchev–Trinajstić information content (AvgIpc) is 2.69. The molecule has 0 aromatic heterocycles. The van der Waals surface area contributed by atoms with Crippen LogP contribution in [0.25, 0.3) is 0 Å². The lowest BCUT2D eigenvalue weighted by molar-refractivity contribution is -0.137. The fourth-order valence-corrected chi connectivity index (χ4v) is 2.50. The number of hydrogen-bond donors (Lipinski definition) is 2. The summed E-state index contributed by atoms with van der Waals surface area (Å²) in [5, 5.41) is 5.44. The van der Waals surface area contributed by atoms with Gasteiger partial charge in [0.05, 0.1) is 5.56 Å². The van der Waals surface area contributed by atoms with Crippen molar-refractivity contribution in [3.8, 4) is 0 Å². The molecule has 1 heterocycles. The van der Waals surface area contributed by atoms with Gasteiger partial charge < -0.3 is 15.5 Å². The number of urea groups is 1. The van der Waals surface area contributed by atoms with Crippen LogP contribution in [-0.2, 0) is 17.4 Å². The molecule has 0 saturated carbocycles. The zero-order valence-electron chi connectivity index (χ0n) is 13.3. The smallest absolute Gasteiger partial charge is 0.354 e. The molecule has 3 amide bonds. The maximum atomic E-state index is 12.5. The van der Waals surface area contributed by atoms with Crippen LogP contribution >= 0.6 is 0 Å². The van der Waals surface area contributed by atoms with E-state index in [0.717, 1.165) is 12.1 Å². The van der Waals surface area contributed by atoms with Crippen LogP contribution in [0, 0.1) is 0 Å². The Morgan fingerprint density at radius 3 is 2.62 bits per heavy atom. The average molecular weight is 343 g/mol. The lowest BCUT2D eigenvalue weighted by Gasteiger charge is -2.25. The first-order valence-corrected chi connectivity index (χ1v) is 7.77. The molecule has 1 aromatic rings. The second kappa shape index (κ2) is 7.55. The third kappa shape index (κ3) is 4.62. The number of alkyl halides is 3. The standard InChI is InChI=1S/C16H20F3N3O2/c1-11-14(23)20-8-2-10-22(11)15(24)21-9-7-12-3-5-13(6-4-12)16(17,18)19/h3-6,11H,2,7-10H2,1H3,(H,20,23)(H,21,24)/t11-/m1/s1. The fourth-order valence-electron chi connectivity index (χ4n) is 2.50. The van der Waals surface area contributed by atoms with Crippen molar-refractivity contribution >= 4 is 11.9 Å². The molecule has 0 bridgehead atoms. The van der Waals surface area contributed by atoms with Gasteiger partial charge in [-0.1, -0.05) is 12.1 Å². The van der Waals surface area contributed by atoms with E-state index in [9.17, 15) is 22.8 Å². The minimum Gasteiger partial charge on any atom is -0.354 e. The molecule has 2 rings (SSSR count). The third-order valence-corrected chi connectivity index (χ3v) is 3.95. The minimum absolute atomic E-state index is 0.189. The molecule has 5 nitrogen and oxygen atoms in total. The molecule has 1 saturated heterocycles. The van der Waals surface area contributed by atoms with Gasteiger partial charge in [-0.05, 0) is 37.5 Å². The molecule has 1 atom stereocenters. The van der Waals surface area contributed by atoms with E-state index in [2.05, 4.69) is 10.6 Å². The number of nitrogens with one attached hydrogen (secondary N) is 2. The molecule has 1 aliphatic rings. The minimum atomic E-state index is -4.35. The Morgan fingerprint density at radius 1 is 1.33 bits per heavy atom. The molecule has 2 N–H and O–H groups in total. The maximum Gasteiger partial charge on any atom is 0.416 e. The van der Waals surface area contributed by atoms with Crippen LogP contribution in [0.1, 0.15) is 24.5 Å². The van der Waals surface area contributed by atoms with Gasteiger partial charge in [0, 0.05) is 19.6 Å². The number of carbonyl (C=O) groups is 2. The van der Waals surface area contributed by atoms with E-state index in [1.54, 1.807) is 6.92 Å². The van der Waals surface area contributed by atoms with Crippen molar-refractivity contribution in [2.24, 2.45) is 0 Å². The second-order valence-corrected chi connectivity index (χ2v) is 5.69. The van der Waals surface area contributed by atoms with Crippen molar-refractivity contribution in [3.63, 3.8) is 0 Å². The summed E-state index contributed by atoms with van der Waals surface area (Å²) < 4.78 is 37.5. The van der Waals surface area contributed by atoms with Crippen LogP contribution in [0.15, 0.2) is 24.3 Å². The number of halogens is 3. The molecule has 0 unspecified atom stereocenters. The van der Waals surface area contributed by atoms with E-state index >= 15 is 0 Å². The number of carbonyl (C=O) groups excluding carboxylic acids is 2. The topological polar surface area (TPSA) is 61.4 Å². The Labute approximate surface area is 138 Å². The van der Waals surface area contributed by atoms with Gasteiger partial charge in [-0.3, -0.25) is 4.79 Å². The molecular formula is C16H20F3N3O2. The molecule has 0 spiro atoms. The van der Waals surface area contributed by atoms with Gasteiger partial charge in [-0.2, -0.15) is 13.2 Å². The van der Waals surface area contributed by atoms with Crippen molar-refractivity contribution in [2.75, 3.05) is 19.6 Å². The number of nitrogens with zero attached hydrogens (tertiary/aromatic N) is 1. The zero-order valence-corrected chi connectivity index (χ0v) is 13.3. The molecule has 1 aliphatic heterocycles. The Hall–Kier alpha value is -2.25. The van der Waals surface area contributed by atoms with Crippen LogP contribution in [0.3, 0.4) is 0 Å². The monoisotopic (exact) mass is 343 g/mol. The summed E-state index contributed by atoms with van der Waals surface area (Å²) in [4.78, 5) is 25.3. The van der Waals surface area contributed by atoms with Crippen LogP contribution < -0.4 is 10.6 Å². The Bertz CT molecular complexity index is 587. The van der Waals surface area contributed by atoms with Gasteiger partial charge in [-0.15, -0.1) is 0 Å². The summed E-state index contributed by atoms with van der Waals surface area (Å²) >= 11 is 0. The summed E-state index contributed by atoms with van der Waals surface area (Å²) in [6.07, 6.45) is -3.25. The van der Waals surface area contributed by atoms with E-state index in [1.165, 1.54) is 17.0 Å². The van der Waals surface area contributed by atoms with E-state index in [4.69, 9.17) is 0 Å². The third-order valence-electron chi connectivity index (χ3n) is 3.95. The number of amides is 3. The predicted octanol–water partition coefficient (Wildman–Crippen LogP) is 2.17. The lowest BCUT2D eigenvalue weighted by atomic mass is 10.1. The zero-order chi connectivity index (χ0) is 17.7. The van der Waals surface area contributed by atoms with Gasteiger partial charge >= 0.3 is 12.2 Å². The molecular weight excluding hydrogens is 323 g/mol. The summed E-state index contributed by atoms with van der Waals surface area (Å²) in [6, 6.07) is 3.97. The Kier molecular flexibility index (Phi) is 5.69. The Morgan fingerprint density at radius 2 is 2.00 bits per heavy atom. The molecule has 1 fully saturated rings. The molecule has 1 aromatic carbocycles. The molecule has 0 radical (unpaired) electrons. The SMILES string of the molecule is C[C@@H]1C(=O)NCCCN1C(=O)NCCc1ccc(C(F)(F)F)cc1. The van der Waals surface area contributed by atoms with Gasteiger partial charge in [0.2, 0.25) is 5.91 Å². The van der Waals surface area contributed by atoms with Gasteiger partial charge in [0.15, 0.2) is 0 Å². The Balaban J connectivity index is 1.85. The van der Waals surface area contributed by atoms with E-state index in [1.807, 2.05) is 0 Å². The highest BCUT2D eigenvalue weighted by Gasteiger charge is 2.30. The normalized spacial score (nSPS) is 18.8. The van der Waals surface area contributed by atoms with Crippen LogP contribution in [0.5, 0.6) is 0 Å². The summed E-state index contributed by atoms with van der Waals surface area (Å²) in [5.41, 5.74) is 0.00430. The lowest BCUT2D eigenvalue weighted by Crippen LogP contribution is -2.49. The van der Waals surface area contributed by atoms with Gasteiger partial charge in [0.25, 0.3) is 0 Å². The fraction of sp³-hybridized carbons (Fsp3) is 0.500. The van der Waals surface area contributed by atoms with Crippen molar-refractivity contribution in [1.82, 2.24) is 15.5 Å². The van der Waals surface area contributed by atoms with Crippen molar-refractivity contribution < 1.29 is 22.8 Å². The number of benzene rings is 1. The highest BCUT2D eigenvalue weighted by Crippen LogP contribution is 2.29. The summed E-state index contributed by atoms with van der Waals surface area (Å²) in [7, 11) is 0. The molecule has 0 aliphatic carbocycles. The van der Waals surface area contributed by atoms with Gasteiger partial charge in [0.1, 0.15) is 6.04 Å². The predicted molar refractivity (Wildman–Crippen MR) is 82.3 cm³/mol. The first kappa shape index (κ1) is 18.1. The van der Waals surface area contributed by atoms with Crippen LogP contribution in [0.2, 0.25) is 0 Å². The van der Waals surface area contributed by atoms with Crippen molar-refractivity contribution in [3.05, 3.63) is 35.4 Å². The number of hydrogen-bond acceptors (Lipinski definition) is 2. The highest BCUT2D eigenvalue weighted by molar-refractivity contribution is 5.87. The molecule has 8 heteroatoms. The quantitative estimate of drug-likeness (QED) is 0.884. The molecule has 24 heavy (non-hydrogen) atoms. The maximum absolute atomic E-state index is 12.5. The second-order valence-electron chi connectivity index (χ2n) is 5.69. The largest absolute Gasteiger partial charge is 0.416 e.